The van der Waals surface area contributed by atoms with Crippen molar-refractivity contribution in [2.75, 3.05) is 0 Å². The molecule has 0 spiro atoms. The van der Waals surface area contributed by atoms with Gasteiger partial charge in [0.2, 0.25) is 0 Å². The molecule has 4 rings (SSSR count). The summed E-state index contributed by atoms with van der Waals surface area (Å²) in [4.78, 5) is 15.2. The van der Waals surface area contributed by atoms with Gasteiger partial charge in [0.25, 0.3) is 5.56 Å². The maximum absolute atomic E-state index is 12.2. The van der Waals surface area contributed by atoms with Crippen LogP contribution in [0.1, 0.15) is 48.9 Å². The highest BCUT2D eigenvalue weighted by atomic mass is 16.5. The molecule has 0 radical (unpaired) electrons. The topological polar surface area (TPSA) is 65.9 Å². The van der Waals surface area contributed by atoms with E-state index in [0.717, 1.165) is 40.6 Å². The van der Waals surface area contributed by atoms with Crippen molar-refractivity contribution in [3.8, 4) is 11.8 Å². The number of nitrogens with one attached hydrogen (secondary N) is 1. The van der Waals surface area contributed by atoms with Gasteiger partial charge in [-0.3, -0.25) is 4.79 Å². The van der Waals surface area contributed by atoms with Crippen LogP contribution < -0.4 is 10.3 Å². The lowest BCUT2D eigenvalue weighted by atomic mass is 9.77. The van der Waals surface area contributed by atoms with E-state index in [1.54, 1.807) is 0 Å². The van der Waals surface area contributed by atoms with Crippen molar-refractivity contribution in [1.29, 1.82) is 5.26 Å². The van der Waals surface area contributed by atoms with Crippen LogP contribution in [-0.4, -0.2) is 11.1 Å². The summed E-state index contributed by atoms with van der Waals surface area (Å²) in [5, 5.41) is 11.0. The number of aromatic nitrogens is 1. The highest BCUT2D eigenvalue weighted by Crippen LogP contribution is 2.36. The van der Waals surface area contributed by atoms with Crippen LogP contribution in [0, 0.1) is 18.3 Å². The number of benzene rings is 2. The third-order valence-corrected chi connectivity index (χ3v) is 6.07. The van der Waals surface area contributed by atoms with Crippen molar-refractivity contribution in [3.05, 3.63) is 75.1 Å². The van der Waals surface area contributed by atoms with Gasteiger partial charge in [0.15, 0.2) is 0 Å². The van der Waals surface area contributed by atoms with E-state index in [-0.39, 0.29) is 11.7 Å². The molecule has 4 nitrogen and oxygen atoms in total. The van der Waals surface area contributed by atoms with Crippen molar-refractivity contribution in [1.82, 2.24) is 4.98 Å². The predicted octanol–water partition coefficient (Wildman–Crippen LogP) is 4.96. The van der Waals surface area contributed by atoms with Gasteiger partial charge in [-0.15, -0.1) is 0 Å². The van der Waals surface area contributed by atoms with E-state index < -0.39 is 5.41 Å². The molecule has 29 heavy (non-hydrogen) atoms. The number of nitrogens with zero attached hydrogens (tertiary/aromatic N) is 1. The zero-order chi connectivity index (χ0) is 20.6. The summed E-state index contributed by atoms with van der Waals surface area (Å²) in [6, 6.07) is 16.7. The molecule has 1 aliphatic heterocycles. The Kier molecular flexibility index (Phi) is 4.92. The summed E-state index contributed by atoms with van der Waals surface area (Å²) in [6.07, 6.45) is 3.17. The lowest BCUT2D eigenvalue weighted by Gasteiger charge is -2.32. The van der Waals surface area contributed by atoms with Crippen LogP contribution in [-0.2, 0) is 18.3 Å². The SMILES string of the molecule is CCc1cc2ccc([C@@](C)(C#N)CC3CCc4cc(C)ccc4O3)cc2[nH]c1=O. The van der Waals surface area contributed by atoms with Crippen molar-refractivity contribution in [2.24, 2.45) is 0 Å². The highest BCUT2D eigenvalue weighted by Gasteiger charge is 2.33. The first-order valence-electron chi connectivity index (χ1n) is 10.3. The van der Waals surface area contributed by atoms with E-state index in [1.165, 1.54) is 11.1 Å². The Balaban J connectivity index is 1.63. The van der Waals surface area contributed by atoms with Crippen LogP contribution in [0.4, 0.5) is 0 Å². The number of fused-ring (bicyclic) bond motifs is 2. The Morgan fingerprint density at radius 1 is 1.24 bits per heavy atom. The Morgan fingerprint density at radius 3 is 2.83 bits per heavy atom. The molecule has 2 atom stereocenters. The van der Waals surface area contributed by atoms with E-state index in [1.807, 2.05) is 44.2 Å². The van der Waals surface area contributed by atoms with Crippen LogP contribution in [0.5, 0.6) is 5.75 Å². The predicted molar refractivity (Wildman–Crippen MR) is 115 cm³/mol. The first-order chi connectivity index (χ1) is 13.9. The molecule has 148 valence electrons. The third kappa shape index (κ3) is 3.65. The molecule has 1 aliphatic rings. The zero-order valence-corrected chi connectivity index (χ0v) is 17.2. The maximum Gasteiger partial charge on any atom is 0.251 e. The van der Waals surface area contributed by atoms with Crippen LogP contribution in [0.3, 0.4) is 0 Å². The number of hydrogen-bond donors (Lipinski definition) is 1. The van der Waals surface area contributed by atoms with Gasteiger partial charge in [-0.05, 0) is 67.8 Å². The van der Waals surface area contributed by atoms with Crippen LogP contribution in [0.15, 0.2) is 47.3 Å². The molecule has 1 aromatic heterocycles. The molecule has 2 aromatic carbocycles. The molecule has 4 heteroatoms. The highest BCUT2D eigenvalue weighted by molar-refractivity contribution is 5.80. The van der Waals surface area contributed by atoms with Gasteiger partial charge >= 0.3 is 0 Å². The molecule has 0 bridgehead atoms. The monoisotopic (exact) mass is 386 g/mol. The summed E-state index contributed by atoms with van der Waals surface area (Å²) in [7, 11) is 0. The van der Waals surface area contributed by atoms with Crippen molar-refractivity contribution in [3.63, 3.8) is 0 Å². The average Bonchev–Trinajstić information content (AvgIpc) is 2.72. The molecule has 1 unspecified atom stereocenters. The van der Waals surface area contributed by atoms with Gasteiger partial charge < -0.3 is 9.72 Å². The van der Waals surface area contributed by atoms with Gasteiger partial charge in [-0.2, -0.15) is 5.26 Å². The van der Waals surface area contributed by atoms with E-state index in [4.69, 9.17) is 4.74 Å². The quantitative estimate of drug-likeness (QED) is 0.689. The molecule has 1 N–H and O–H groups in total. The molecule has 0 fully saturated rings. The minimum absolute atomic E-state index is 0.00734. The largest absolute Gasteiger partial charge is 0.490 e. The van der Waals surface area contributed by atoms with E-state index in [0.29, 0.717) is 12.8 Å². The van der Waals surface area contributed by atoms with Crippen LogP contribution in [0.2, 0.25) is 0 Å². The first kappa shape index (κ1) is 19.3. The second-order valence-electron chi connectivity index (χ2n) is 8.32. The summed E-state index contributed by atoms with van der Waals surface area (Å²) in [5.41, 5.74) is 4.19. The van der Waals surface area contributed by atoms with Gasteiger partial charge in [-0.25, -0.2) is 0 Å². The van der Waals surface area contributed by atoms with Crippen molar-refractivity contribution in [2.45, 2.75) is 58.0 Å². The lowest BCUT2D eigenvalue weighted by molar-refractivity contribution is 0.146. The van der Waals surface area contributed by atoms with Crippen molar-refractivity contribution >= 4 is 10.9 Å². The van der Waals surface area contributed by atoms with Crippen LogP contribution >= 0.6 is 0 Å². The summed E-state index contributed by atoms with van der Waals surface area (Å²) in [6.45, 7) is 6.02. The second-order valence-corrected chi connectivity index (χ2v) is 8.32. The Labute approximate surface area is 171 Å². The third-order valence-electron chi connectivity index (χ3n) is 6.07. The fourth-order valence-electron chi connectivity index (χ4n) is 4.25. The number of ether oxygens (including phenoxy) is 1. The lowest BCUT2D eigenvalue weighted by Crippen LogP contribution is -2.32. The standard InChI is InChI=1S/C25H26N2O2/c1-4-17-12-18-6-8-20(13-22(18)27-24(17)28)25(3,15-26)14-21-9-7-19-11-16(2)5-10-23(19)29-21/h5-6,8,10-13,21H,4,7,9,14H2,1-3H3,(H,27,28)/t21?,25-/m1/s1. The number of nitriles is 1. The van der Waals surface area contributed by atoms with Gasteiger partial charge in [-0.1, -0.05) is 36.8 Å². The van der Waals surface area contributed by atoms with E-state index in [2.05, 4.69) is 30.1 Å². The molecule has 3 aromatic rings. The molecule has 0 amide bonds. The number of rotatable bonds is 4. The van der Waals surface area contributed by atoms with E-state index in [9.17, 15) is 10.1 Å². The van der Waals surface area contributed by atoms with Gasteiger partial charge in [0, 0.05) is 17.5 Å². The minimum atomic E-state index is -0.693. The van der Waals surface area contributed by atoms with E-state index >= 15 is 0 Å². The number of pyridine rings is 1. The first-order valence-corrected chi connectivity index (χ1v) is 10.3. The molecular formula is C25H26N2O2. The Morgan fingerprint density at radius 2 is 2.07 bits per heavy atom. The van der Waals surface area contributed by atoms with Crippen molar-refractivity contribution < 1.29 is 4.74 Å². The second kappa shape index (κ2) is 7.40. The number of aryl methyl sites for hydroxylation is 3. The summed E-state index contributed by atoms with van der Waals surface area (Å²) >= 11 is 0. The zero-order valence-electron chi connectivity index (χ0n) is 17.2. The number of H-pyrrole nitrogens is 1. The molecule has 2 heterocycles. The molecule has 0 saturated heterocycles. The van der Waals surface area contributed by atoms with Gasteiger partial charge in [0.05, 0.1) is 11.5 Å². The van der Waals surface area contributed by atoms with Crippen LogP contribution in [0.25, 0.3) is 10.9 Å². The fourth-order valence-corrected chi connectivity index (χ4v) is 4.25. The smallest absolute Gasteiger partial charge is 0.251 e. The normalized spacial score (nSPS) is 17.8. The maximum atomic E-state index is 12.2. The molecule has 0 saturated carbocycles. The molecular weight excluding hydrogens is 360 g/mol. The molecule has 0 aliphatic carbocycles. The summed E-state index contributed by atoms with van der Waals surface area (Å²) < 4.78 is 6.23. The minimum Gasteiger partial charge on any atom is -0.490 e. The fraction of sp³-hybridized carbons (Fsp3) is 0.360. The number of hydrogen-bond acceptors (Lipinski definition) is 3. The summed E-state index contributed by atoms with van der Waals surface area (Å²) in [5.74, 6) is 0.932. The Bertz CT molecular complexity index is 1170. The van der Waals surface area contributed by atoms with Gasteiger partial charge in [0.1, 0.15) is 11.9 Å². The average molecular weight is 386 g/mol. The Hall–Kier alpha value is -3.06. The number of aromatic amines is 1.